The second-order valence-corrected chi connectivity index (χ2v) is 4.56. The highest BCUT2D eigenvalue weighted by Gasteiger charge is 2.22. The lowest BCUT2D eigenvalue weighted by molar-refractivity contribution is 0.489. The molecule has 0 saturated carbocycles. The van der Waals surface area contributed by atoms with E-state index >= 15 is 0 Å². The van der Waals surface area contributed by atoms with Crippen LogP contribution in [0.2, 0.25) is 0 Å². The van der Waals surface area contributed by atoms with Gasteiger partial charge in [-0.25, -0.2) is 9.37 Å². The van der Waals surface area contributed by atoms with Gasteiger partial charge in [0.15, 0.2) is 0 Å². The van der Waals surface area contributed by atoms with Crippen molar-refractivity contribution < 1.29 is 4.39 Å². The second-order valence-electron chi connectivity index (χ2n) is 4.56. The largest absolute Gasteiger partial charge is 0.334 e. The zero-order valence-corrected chi connectivity index (χ0v) is 9.81. The lowest BCUT2D eigenvalue weighted by Crippen LogP contribution is -2.15. The van der Waals surface area contributed by atoms with Crippen molar-refractivity contribution >= 4 is 0 Å². The lowest BCUT2D eigenvalue weighted by Gasteiger charge is -2.24. The fourth-order valence-corrected chi connectivity index (χ4v) is 2.60. The normalized spacial score (nSPS) is 18.1. The Bertz CT molecular complexity index is 624. The molecule has 0 spiro atoms. The van der Waals surface area contributed by atoms with Crippen molar-refractivity contribution in [3.63, 3.8) is 0 Å². The van der Waals surface area contributed by atoms with Gasteiger partial charge in [-0.2, -0.15) is 5.26 Å². The van der Waals surface area contributed by atoms with Crippen LogP contribution >= 0.6 is 0 Å². The van der Waals surface area contributed by atoms with E-state index in [-0.39, 0.29) is 11.5 Å². The van der Waals surface area contributed by atoms with Crippen molar-refractivity contribution in [2.24, 2.45) is 0 Å². The molecule has 1 unspecified atom stereocenters. The van der Waals surface area contributed by atoms with Gasteiger partial charge in [0.25, 0.3) is 0 Å². The molecule has 0 radical (unpaired) electrons. The molecule has 0 bridgehead atoms. The van der Waals surface area contributed by atoms with Gasteiger partial charge in [0.05, 0.1) is 11.9 Å². The molecule has 1 aliphatic heterocycles. The third-order valence-corrected chi connectivity index (χ3v) is 3.51. The highest BCUT2D eigenvalue weighted by atomic mass is 19.1. The summed E-state index contributed by atoms with van der Waals surface area (Å²) in [6.07, 6.45) is 5.73. The van der Waals surface area contributed by atoms with Crippen LogP contribution in [-0.2, 0) is 6.54 Å². The molecule has 18 heavy (non-hydrogen) atoms. The van der Waals surface area contributed by atoms with Crippen LogP contribution in [0.15, 0.2) is 30.7 Å². The summed E-state index contributed by atoms with van der Waals surface area (Å²) in [6, 6.07) is 6.72. The van der Waals surface area contributed by atoms with Crippen LogP contribution in [-0.4, -0.2) is 9.55 Å². The summed E-state index contributed by atoms with van der Waals surface area (Å²) in [4.78, 5) is 4.15. The van der Waals surface area contributed by atoms with Crippen LogP contribution in [0.5, 0.6) is 0 Å². The fourth-order valence-electron chi connectivity index (χ4n) is 2.60. The van der Waals surface area contributed by atoms with E-state index in [4.69, 9.17) is 5.26 Å². The number of hydrogen-bond donors (Lipinski definition) is 0. The zero-order chi connectivity index (χ0) is 12.5. The Kier molecular flexibility index (Phi) is 2.60. The van der Waals surface area contributed by atoms with E-state index in [2.05, 4.69) is 9.55 Å². The van der Waals surface area contributed by atoms with Crippen LogP contribution < -0.4 is 0 Å². The van der Waals surface area contributed by atoms with Crippen LogP contribution in [0.4, 0.5) is 4.39 Å². The first-order valence-corrected chi connectivity index (χ1v) is 5.99. The van der Waals surface area contributed by atoms with Gasteiger partial charge in [0.1, 0.15) is 11.9 Å². The van der Waals surface area contributed by atoms with E-state index in [0.29, 0.717) is 0 Å². The standard InChI is InChI=1S/C14H12FN3/c15-13-6-10(3-4-11(13)7-16)12-2-1-5-18-9-17-8-14(12)18/h3-4,6,8-9,12H,1-2,5H2. The number of rotatable bonds is 1. The van der Waals surface area contributed by atoms with Gasteiger partial charge in [0.2, 0.25) is 0 Å². The number of imidazole rings is 1. The molecule has 3 rings (SSSR count). The maximum Gasteiger partial charge on any atom is 0.141 e. The van der Waals surface area contributed by atoms with Gasteiger partial charge in [-0.05, 0) is 30.5 Å². The van der Waals surface area contributed by atoms with Gasteiger partial charge in [-0.15, -0.1) is 0 Å². The fraction of sp³-hybridized carbons (Fsp3) is 0.286. The highest BCUT2D eigenvalue weighted by molar-refractivity contribution is 5.37. The Morgan fingerprint density at radius 3 is 3.11 bits per heavy atom. The summed E-state index contributed by atoms with van der Waals surface area (Å²) in [6.45, 7) is 0.977. The minimum atomic E-state index is -0.438. The molecule has 3 nitrogen and oxygen atoms in total. The summed E-state index contributed by atoms with van der Waals surface area (Å²) >= 11 is 0. The van der Waals surface area contributed by atoms with E-state index in [1.807, 2.05) is 24.7 Å². The van der Waals surface area contributed by atoms with E-state index in [1.165, 1.54) is 6.07 Å². The van der Waals surface area contributed by atoms with Crippen molar-refractivity contribution in [1.29, 1.82) is 5.26 Å². The molecule has 1 aromatic heterocycles. The maximum absolute atomic E-state index is 13.7. The summed E-state index contributed by atoms with van der Waals surface area (Å²) < 4.78 is 15.8. The average Bonchev–Trinajstić information content (AvgIpc) is 2.86. The second kappa shape index (κ2) is 4.26. The van der Waals surface area contributed by atoms with Crippen molar-refractivity contribution in [2.45, 2.75) is 25.3 Å². The third-order valence-electron chi connectivity index (χ3n) is 3.51. The first kappa shape index (κ1) is 11.0. The number of hydrogen-bond acceptors (Lipinski definition) is 2. The van der Waals surface area contributed by atoms with Crippen molar-refractivity contribution in [2.75, 3.05) is 0 Å². The minimum absolute atomic E-state index is 0.100. The van der Waals surface area contributed by atoms with Gasteiger partial charge in [-0.1, -0.05) is 6.07 Å². The van der Waals surface area contributed by atoms with Gasteiger partial charge >= 0.3 is 0 Å². The summed E-state index contributed by atoms with van der Waals surface area (Å²) in [5.41, 5.74) is 2.15. The van der Waals surface area contributed by atoms with Gasteiger partial charge in [0, 0.05) is 24.4 Å². The third kappa shape index (κ3) is 1.68. The minimum Gasteiger partial charge on any atom is -0.334 e. The molecule has 1 aliphatic rings. The van der Waals surface area contributed by atoms with Crippen molar-refractivity contribution in [3.8, 4) is 6.07 Å². The van der Waals surface area contributed by atoms with Crippen LogP contribution in [0.3, 0.4) is 0 Å². The Labute approximate surface area is 105 Å². The van der Waals surface area contributed by atoms with Crippen molar-refractivity contribution in [1.82, 2.24) is 9.55 Å². The number of aryl methyl sites for hydroxylation is 1. The van der Waals surface area contributed by atoms with Gasteiger partial charge in [-0.3, -0.25) is 0 Å². The van der Waals surface area contributed by atoms with Crippen molar-refractivity contribution in [3.05, 3.63) is 53.4 Å². The van der Waals surface area contributed by atoms with E-state index in [1.54, 1.807) is 6.07 Å². The number of nitriles is 1. The summed E-state index contributed by atoms with van der Waals surface area (Å²) in [5.74, 6) is -0.255. The Morgan fingerprint density at radius 1 is 1.44 bits per heavy atom. The molecule has 0 saturated heterocycles. The molecular weight excluding hydrogens is 229 g/mol. The lowest BCUT2D eigenvalue weighted by atomic mass is 9.88. The first-order valence-electron chi connectivity index (χ1n) is 5.99. The smallest absolute Gasteiger partial charge is 0.141 e. The number of benzene rings is 1. The molecule has 1 aromatic carbocycles. The van der Waals surface area contributed by atoms with E-state index in [0.717, 1.165) is 30.6 Å². The van der Waals surface area contributed by atoms with E-state index in [9.17, 15) is 4.39 Å². The molecule has 2 aromatic rings. The molecule has 0 fully saturated rings. The quantitative estimate of drug-likeness (QED) is 0.770. The SMILES string of the molecule is N#Cc1ccc(C2CCCn3cncc32)cc1F. The summed E-state index contributed by atoms with van der Waals surface area (Å²) in [5, 5.41) is 8.74. The predicted molar refractivity (Wildman–Crippen MR) is 64.4 cm³/mol. The van der Waals surface area contributed by atoms with E-state index < -0.39 is 5.82 Å². The monoisotopic (exact) mass is 241 g/mol. The number of aromatic nitrogens is 2. The molecule has 0 amide bonds. The van der Waals surface area contributed by atoms with Gasteiger partial charge < -0.3 is 4.57 Å². The summed E-state index contributed by atoms with van der Waals surface area (Å²) in [7, 11) is 0. The maximum atomic E-state index is 13.7. The highest BCUT2D eigenvalue weighted by Crippen LogP contribution is 2.33. The topological polar surface area (TPSA) is 41.6 Å². The first-order chi connectivity index (χ1) is 8.79. The number of halogens is 1. The Hall–Kier alpha value is -2.15. The van der Waals surface area contributed by atoms with Crippen LogP contribution in [0.25, 0.3) is 0 Å². The predicted octanol–water partition coefficient (Wildman–Crippen LogP) is 2.82. The molecule has 4 heteroatoms. The average molecular weight is 241 g/mol. The van der Waals surface area contributed by atoms with Crippen LogP contribution in [0.1, 0.15) is 35.6 Å². The molecule has 1 atom stereocenters. The number of nitrogens with zero attached hydrogens (tertiary/aromatic N) is 3. The molecule has 2 heterocycles. The Morgan fingerprint density at radius 2 is 2.33 bits per heavy atom. The van der Waals surface area contributed by atoms with Crippen LogP contribution in [0, 0.1) is 17.1 Å². The zero-order valence-electron chi connectivity index (χ0n) is 9.81. The molecule has 0 N–H and O–H groups in total. The number of fused-ring (bicyclic) bond motifs is 1. The Balaban J connectivity index is 2.03. The molecular formula is C14H12FN3. The molecule has 90 valence electrons. The molecule has 0 aliphatic carbocycles.